The highest BCUT2D eigenvalue weighted by molar-refractivity contribution is 6.09. The number of hydrogen-bond acceptors (Lipinski definition) is 6. The van der Waals surface area contributed by atoms with Crippen LogP contribution in [0.3, 0.4) is 0 Å². The van der Waals surface area contributed by atoms with Gasteiger partial charge in [-0.1, -0.05) is 79.7 Å². The second-order valence-electron chi connectivity index (χ2n) is 9.24. The van der Waals surface area contributed by atoms with E-state index in [0.29, 0.717) is 36.8 Å². The first kappa shape index (κ1) is 26.7. The van der Waals surface area contributed by atoms with E-state index in [1.807, 2.05) is 72.8 Å². The third kappa shape index (κ3) is 6.11. The molecule has 0 bridgehead atoms. The van der Waals surface area contributed by atoms with Crippen molar-refractivity contribution in [2.24, 2.45) is 0 Å². The Morgan fingerprint density at radius 2 is 1.47 bits per heavy atom. The van der Waals surface area contributed by atoms with Crippen LogP contribution in [-0.2, 0) is 13.2 Å². The van der Waals surface area contributed by atoms with Gasteiger partial charge in [-0.3, -0.25) is 9.59 Å². The first-order valence-corrected chi connectivity index (χ1v) is 12.7. The molecule has 0 saturated carbocycles. The van der Waals surface area contributed by atoms with Crippen LogP contribution in [-0.4, -0.2) is 23.4 Å². The van der Waals surface area contributed by atoms with E-state index in [9.17, 15) is 9.59 Å². The minimum atomic E-state index is -0.466. The normalized spacial score (nSPS) is 10.9. The van der Waals surface area contributed by atoms with E-state index in [2.05, 4.69) is 24.3 Å². The molecule has 0 aliphatic rings. The van der Waals surface area contributed by atoms with Crippen molar-refractivity contribution in [2.45, 2.75) is 46.8 Å². The van der Waals surface area contributed by atoms with Crippen LogP contribution in [0.1, 0.15) is 71.1 Å². The van der Waals surface area contributed by atoms with E-state index >= 15 is 0 Å². The maximum atomic E-state index is 12.7. The number of benzene rings is 3. The van der Waals surface area contributed by atoms with Gasteiger partial charge in [-0.05, 0) is 42.5 Å². The molecule has 1 N–H and O–H groups in total. The van der Waals surface area contributed by atoms with Crippen molar-refractivity contribution in [3.63, 3.8) is 0 Å². The van der Waals surface area contributed by atoms with E-state index in [0.717, 1.165) is 16.7 Å². The lowest BCUT2D eigenvalue weighted by atomic mass is 9.95. The van der Waals surface area contributed by atoms with Gasteiger partial charge in [0.15, 0.2) is 17.2 Å². The third-order valence-corrected chi connectivity index (χ3v) is 6.05. The number of nitrogens with zero attached hydrogens (tertiary/aromatic N) is 1. The summed E-state index contributed by atoms with van der Waals surface area (Å²) in [5, 5.41) is 6.66. The van der Waals surface area contributed by atoms with Crippen molar-refractivity contribution in [1.29, 1.82) is 0 Å². The molecule has 38 heavy (non-hydrogen) atoms. The van der Waals surface area contributed by atoms with E-state index in [4.69, 9.17) is 14.0 Å². The average molecular weight is 513 g/mol. The first-order chi connectivity index (χ1) is 18.4. The van der Waals surface area contributed by atoms with Crippen LogP contribution in [0.25, 0.3) is 11.3 Å². The van der Waals surface area contributed by atoms with Gasteiger partial charge in [-0.15, -0.1) is 0 Å². The average Bonchev–Trinajstić information content (AvgIpc) is 3.37. The van der Waals surface area contributed by atoms with Crippen LogP contribution in [0.5, 0.6) is 11.5 Å². The molecule has 0 spiro atoms. The van der Waals surface area contributed by atoms with Crippen molar-refractivity contribution in [3.05, 3.63) is 101 Å². The van der Waals surface area contributed by atoms with E-state index < -0.39 is 5.91 Å². The molecule has 1 amide bonds. The monoisotopic (exact) mass is 512 g/mol. The highest BCUT2D eigenvalue weighted by Crippen LogP contribution is 2.41. The minimum absolute atomic E-state index is 0.0427. The van der Waals surface area contributed by atoms with E-state index in [1.54, 1.807) is 6.92 Å². The summed E-state index contributed by atoms with van der Waals surface area (Å²) in [6, 6.07) is 23.4. The summed E-state index contributed by atoms with van der Waals surface area (Å²) in [6.07, 6.45) is 0. The molecule has 0 fully saturated rings. The van der Waals surface area contributed by atoms with Gasteiger partial charge in [0, 0.05) is 12.6 Å². The van der Waals surface area contributed by atoms with Crippen molar-refractivity contribution >= 4 is 11.7 Å². The smallest absolute Gasteiger partial charge is 0.274 e. The van der Waals surface area contributed by atoms with E-state index in [-0.39, 0.29) is 28.7 Å². The maximum Gasteiger partial charge on any atom is 0.274 e. The summed E-state index contributed by atoms with van der Waals surface area (Å²) < 4.78 is 18.2. The Balaban J connectivity index is 1.82. The maximum absolute atomic E-state index is 12.7. The molecule has 7 nitrogen and oxygen atoms in total. The zero-order valence-corrected chi connectivity index (χ0v) is 22.1. The second-order valence-corrected chi connectivity index (χ2v) is 9.24. The molecular weight excluding hydrogens is 480 g/mol. The van der Waals surface area contributed by atoms with Gasteiger partial charge in [0.05, 0.1) is 11.1 Å². The van der Waals surface area contributed by atoms with E-state index in [1.165, 1.54) is 6.92 Å². The molecule has 7 heteroatoms. The fourth-order valence-electron chi connectivity index (χ4n) is 4.12. The summed E-state index contributed by atoms with van der Waals surface area (Å²) >= 11 is 0. The van der Waals surface area contributed by atoms with Gasteiger partial charge in [-0.25, -0.2) is 0 Å². The van der Waals surface area contributed by atoms with Gasteiger partial charge in [0.1, 0.15) is 24.7 Å². The molecule has 0 radical (unpaired) electrons. The van der Waals surface area contributed by atoms with Crippen molar-refractivity contribution in [3.8, 4) is 22.8 Å². The molecule has 0 aliphatic carbocycles. The molecule has 3 aromatic carbocycles. The lowest BCUT2D eigenvalue weighted by Gasteiger charge is -2.19. The number of aromatic nitrogens is 1. The quantitative estimate of drug-likeness (QED) is 0.228. The molecular formula is C31H32N2O5. The summed E-state index contributed by atoms with van der Waals surface area (Å²) in [5.74, 6) is 0.622. The van der Waals surface area contributed by atoms with Gasteiger partial charge in [0.25, 0.3) is 5.91 Å². The number of carbonyl (C=O) groups is 2. The lowest BCUT2D eigenvalue weighted by molar-refractivity contribution is 0.0934. The Hall–Kier alpha value is -4.39. The number of ether oxygens (including phenoxy) is 2. The van der Waals surface area contributed by atoms with Crippen molar-refractivity contribution in [2.75, 3.05) is 6.54 Å². The minimum Gasteiger partial charge on any atom is -0.488 e. The van der Waals surface area contributed by atoms with Gasteiger partial charge in [0.2, 0.25) is 0 Å². The number of ketones is 1. The van der Waals surface area contributed by atoms with Crippen LogP contribution >= 0.6 is 0 Å². The molecule has 0 saturated heterocycles. The fraction of sp³-hybridized carbons (Fsp3) is 0.258. The number of carbonyl (C=O) groups excluding carboxylic acids is 2. The Morgan fingerprint density at radius 1 is 0.895 bits per heavy atom. The Kier molecular flexibility index (Phi) is 8.58. The molecule has 4 aromatic rings. The van der Waals surface area contributed by atoms with Crippen LogP contribution in [0.2, 0.25) is 0 Å². The standard InChI is InChI=1S/C31H32N2O5/c1-5-32-31(35)29-28(21(4)34)30(38-33-29)25-16-24(20(2)3)26(36-18-22-12-8-6-9-13-22)17-27(25)37-19-23-14-10-7-11-15-23/h6-17,20H,5,18-19H2,1-4H3,(H,32,35). The molecule has 196 valence electrons. The predicted octanol–water partition coefficient (Wildman–Crippen LogP) is 6.58. The van der Waals surface area contributed by atoms with Crippen LogP contribution < -0.4 is 14.8 Å². The number of Topliss-reactive ketones (excluding diaryl/α,β-unsaturated/α-hetero) is 1. The second kappa shape index (κ2) is 12.2. The predicted molar refractivity (Wildman–Crippen MR) is 146 cm³/mol. The summed E-state index contributed by atoms with van der Waals surface area (Å²) in [6.45, 7) is 8.39. The molecule has 0 unspecified atom stereocenters. The zero-order chi connectivity index (χ0) is 27.1. The number of nitrogens with one attached hydrogen (secondary N) is 1. The fourth-order valence-corrected chi connectivity index (χ4v) is 4.12. The number of rotatable bonds is 11. The van der Waals surface area contributed by atoms with Gasteiger partial charge < -0.3 is 19.3 Å². The molecule has 1 aromatic heterocycles. The molecule has 4 rings (SSSR count). The van der Waals surface area contributed by atoms with Gasteiger partial charge >= 0.3 is 0 Å². The highest BCUT2D eigenvalue weighted by Gasteiger charge is 2.29. The zero-order valence-electron chi connectivity index (χ0n) is 22.1. The van der Waals surface area contributed by atoms with Crippen LogP contribution in [0, 0.1) is 0 Å². The van der Waals surface area contributed by atoms with Gasteiger partial charge in [-0.2, -0.15) is 0 Å². The number of hydrogen-bond donors (Lipinski definition) is 1. The van der Waals surface area contributed by atoms with Crippen molar-refractivity contribution < 1.29 is 23.6 Å². The first-order valence-electron chi connectivity index (χ1n) is 12.7. The largest absolute Gasteiger partial charge is 0.488 e. The topological polar surface area (TPSA) is 90.7 Å². The Labute approximate surface area is 222 Å². The summed E-state index contributed by atoms with van der Waals surface area (Å²) in [5.41, 5.74) is 3.54. The lowest BCUT2D eigenvalue weighted by Crippen LogP contribution is -2.24. The van der Waals surface area contributed by atoms with Crippen molar-refractivity contribution in [1.82, 2.24) is 10.5 Å². The molecule has 0 aliphatic heterocycles. The summed E-state index contributed by atoms with van der Waals surface area (Å²) in [4.78, 5) is 25.3. The molecule has 0 atom stereocenters. The van der Waals surface area contributed by atoms with Crippen LogP contribution in [0.15, 0.2) is 77.3 Å². The third-order valence-electron chi connectivity index (χ3n) is 6.05. The SMILES string of the molecule is CCNC(=O)c1noc(-c2cc(C(C)C)c(OCc3ccccc3)cc2OCc2ccccc2)c1C(C)=O. The van der Waals surface area contributed by atoms with Crippen LogP contribution in [0.4, 0.5) is 0 Å². The highest BCUT2D eigenvalue weighted by atomic mass is 16.5. The summed E-state index contributed by atoms with van der Waals surface area (Å²) in [7, 11) is 0. The number of amides is 1. The Bertz CT molecular complexity index is 1390. The molecule has 1 heterocycles. The Morgan fingerprint density at radius 3 is 2.00 bits per heavy atom.